The van der Waals surface area contributed by atoms with Crippen LogP contribution in [0.2, 0.25) is 0 Å². The molecule has 2 bridgehead atoms. The van der Waals surface area contributed by atoms with E-state index in [9.17, 15) is 19.5 Å². The van der Waals surface area contributed by atoms with Crippen LogP contribution in [0.4, 0.5) is 0 Å². The molecule has 2 aromatic heterocycles. The molecule has 2 aliphatic heterocycles. The first-order valence-electron chi connectivity index (χ1n) is 12.4. The molecule has 0 spiro atoms. The van der Waals surface area contributed by atoms with E-state index in [-0.39, 0.29) is 23.7 Å². The number of rotatable bonds is 7. The van der Waals surface area contributed by atoms with E-state index in [1.165, 1.54) is 20.3 Å². The van der Waals surface area contributed by atoms with E-state index < -0.39 is 23.1 Å². The fourth-order valence-electron chi connectivity index (χ4n) is 5.76. The van der Waals surface area contributed by atoms with Gasteiger partial charge in [0.1, 0.15) is 11.5 Å². The number of carbonyl (C=O) groups is 1. The maximum Gasteiger partial charge on any atom is 0.306 e. The van der Waals surface area contributed by atoms with E-state index >= 15 is 0 Å². The molecule has 194 valence electrons. The van der Waals surface area contributed by atoms with Crippen LogP contribution >= 0.6 is 0 Å². The highest BCUT2D eigenvalue weighted by Gasteiger charge is 2.35. The molecule has 3 aromatic rings. The summed E-state index contributed by atoms with van der Waals surface area (Å²) in [6.45, 7) is 2.51. The molecule has 0 amide bonds. The molecule has 1 N–H and O–H groups in total. The van der Waals surface area contributed by atoms with E-state index in [1.807, 2.05) is 10.6 Å². The first kappa shape index (κ1) is 24.8. The second-order valence-electron chi connectivity index (χ2n) is 9.76. The number of methoxy groups -OCH3 is 2. The first-order chi connectivity index (χ1) is 17.9. The number of fused-ring (bicyclic) bond motifs is 4. The Morgan fingerprint density at radius 2 is 1.92 bits per heavy atom. The molecule has 0 saturated carbocycles. The summed E-state index contributed by atoms with van der Waals surface area (Å²) in [6, 6.07) is 13.8. The van der Waals surface area contributed by atoms with Crippen molar-refractivity contribution < 1.29 is 23.8 Å². The minimum absolute atomic E-state index is 0.00602. The third kappa shape index (κ3) is 4.91. The number of piperidine rings is 1. The lowest BCUT2D eigenvalue weighted by atomic mass is 9.83. The third-order valence-corrected chi connectivity index (χ3v) is 7.36. The monoisotopic (exact) mass is 506 g/mol. The molecule has 0 radical (unpaired) electrons. The smallest absolute Gasteiger partial charge is 0.306 e. The van der Waals surface area contributed by atoms with Crippen molar-refractivity contribution in [1.82, 2.24) is 9.47 Å². The van der Waals surface area contributed by atoms with Crippen molar-refractivity contribution in [2.75, 3.05) is 27.3 Å². The van der Waals surface area contributed by atoms with Gasteiger partial charge in [-0.25, -0.2) is 0 Å². The zero-order valence-corrected chi connectivity index (χ0v) is 20.9. The van der Waals surface area contributed by atoms with Crippen molar-refractivity contribution in [1.29, 1.82) is 0 Å². The molecule has 9 nitrogen and oxygen atoms in total. The summed E-state index contributed by atoms with van der Waals surface area (Å²) in [4.78, 5) is 39.7. The summed E-state index contributed by atoms with van der Waals surface area (Å²) in [7, 11) is 2.80. The van der Waals surface area contributed by atoms with Gasteiger partial charge in [0, 0.05) is 48.9 Å². The molecule has 5 rings (SSSR count). The van der Waals surface area contributed by atoms with Crippen molar-refractivity contribution in [3.8, 4) is 11.5 Å². The lowest BCUT2D eigenvalue weighted by Gasteiger charge is -2.42. The largest absolute Gasteiger partial charge is 0.502 e. The van der Waals surface area contributed by atoms with Gasteiger partial charge in [-0.05, 0) is 24.5 Å². The molecule has 1 aromatic carbocycles. The molecule has 2 aliphatic rings. The molecule has 1 fully saturated rings. The van der Waals surface area contributed by atoms with Crippen molar-refractivity contribution in [3.63, 3.8) is 0 Å². The molecule has 4 heterocycles. The van der Waals surface area contributed by atoms with Crippen LogP contribution in [0, 0.1) is 5.92 Å². The van der Waals surface area contributed by atoms with Gasteiger partial charge in [-0.2, -0.15) is 0 Å². The van der Waals surface area contributed by atoms with Crippen LogP contribution in [0.5, 0.6) is 11.5 Å². The van der Waals surface area contributed by atoms with Gasteiger partial charge in [-0.3, -0.25) is 19.3 Å². The number of benzene rings is 1. The number of likely N-dealkylation sites (tertiary alicyclic amines) is 1. The summed E-state index contributed by atoms with van der Waals surface area (Å²) in [5.74, 6) is -0.397. The summed E-state index contributed by atoms with van der Waals surface area (Å²) < 4.78 is 18.4. The van der Waals surface area contributed by atoms with Crippen LogP contribution in [0.25, 0.3) is 0 Å². The zero-order valence-electron chi connectivity index (χ0n) is 20.9. The van der Waals surface area contributed by atoms with Gasteiger partial charge >= 0.3 is 5.97 Å². The average Bonchev–Trinajstić information content (AvgIpc) is 2.90. The number of aromatic hydroxyl groups is 1. The third-order valence-electron chi connectivity index (χ3n) is 7.36. The fourth-order valence-corrected chi connectivity index (χ4v) is 5.76. The minimum Gasteiger partial charge on any atom is -0.502 e. The number of aromatic nitrogens is 1. The first-order valence-corrected chi connectivity index (χ1v) is 12.4. The Kier molecular flexibility index (Phi) is 6.88. The number of pyridine rings is 1. The average molecular weight is 507 g/mol. The van der Waals surface area contributed by atoms with Gasteiger partial charge in [0.2, 0.25) is 11.2 Å². The quantitative estimate of drug-likeness (QED) is 0.487. The van der Waals surface area contributed by atoms with Crippen molar-refractivity contribution in [2.45, 2.75) is 37.8 Å². The second kappa shape index (κ2) is 10.3. The van der Waals surface area contributed by atoms with Crippen molar-refractivity contribution in [3.05, 3.63) is 91.9 Å². The van der Waals surface area contributed by atoms with Gasteiger partial charge in [0.15, 0.2) is 5.76 Å². The molecule has 9 heteroatoms. The molecule has 37 heavy (non-hydrogen) atoms. The fraction of sp³-hybridized carbons (Fsp3) is 0.393. The van der Waals surface area contributed by atoms with Crippen LogP contribution in [-0.2, 0) is 22.6 Å². The van der Waals surface area contributed by atoms with Crippen LogP contribution in [-0.4, -0.2) is 47.9 Å². The Morgan fingerprint density at radius 1 is 1.11 bits per heavy atom. The molecule has 0 aliphatic carbocycles. The van der Waals surface area contributed by atoms with Crippen LogP contribution in [0.1, 0.15) is 47.5 Å². The minimum atomic E-state index is -0.782. The highest BCUT2D eigenvalue weighted by molar-refractivity contribution is 5.71. The maximum atomic E-state index is 12.8. The van der Waals surface area contributed by atoms with E-state index in [1.54, 1.807) is 36.4 Å². The van der Waals surface area contributed by atoms with Gasteiger partial charge in [-0.15, -0.1) is 0 Å². The number of esters is 1. The number of ether oxygens (including phenoxy) is 2. The summed E-state index contributed by atoms with van der Waals surface area (Å²) in [5.41, 5.74) is 1.09. The number of para-hydroxylation sites is 1. The SMILES string of the molecule is COC(=O)C[C@H](c1ccccc1OC)c1oc(CN2C[C@@H]3C[C@H](C2)c2cccc(=O)n2C3)cc(=O)c1O. The molecular formula is C28H30N2O7. The highest BCUT2D eigenvalue weighted by atomic mass is 16.5. The van der Waals surface area contributed by atoms with Crippen LogP contribution < -0.4 is 15.7 Å². The predicted octanol–water partition coefficient (Wildman–Crippen LogP) is 2.83. The number of hydrogen-bond acceptors (Lipinski definition) is 8. The number of carbonyl (C=O) groups excluding carboxylic acids is 1. The number of nitrogens with zero attached hydrogens (tertiary/aromatic N) is 2. The Labute approximate surface area is 213 Å². The molecule has 0 unspecified atom stereocenters. The lowest BCUT2D eigenvalue weighted by molar-refractivity contribution is -0.140. The lowest BCUT2D eigenvalue weighted by Crippen LogP contribution is -2.46. The van der Waals surface area contributed by atoms with E-state index in [2.05, 4.69) is 4.90 Å². The van der Waals surface area contributed by atoms with E-state index in [0.29, 0.717) is 36.1 Å². The zero-order chi connectivity index (χ0) is 26.1. The predicted molar refractivity (Wildman–Crippen MR) is 135 cm³/mol. The van der Waals surface area contributed by atoms with Crippen molar-refractivity contribution in [2.24, 2.45) is 5.92 Å². The Morgan fingerprint density at radius 3 is 2.70 bits per heavy atom. The van der Waals surface area contributed by atoms with Gasteiger partial charge in [0.05, 0.1) is 33.1 Å². The van der Waals surface area contributed by atoms with Gasteiger partial charge in [0.25, 0.3) is 5.56 Å². The Bertz CT molecular complexity index is 1430. The van der Waals surface area contributed by atoms with E-state index in [0.717, 1.165) is 25.2 Å². The molecule has 3 atom stereocenters. The van der Waals surface area contributed by atoms with Crippen LogP contribution in [0.15, 0.2) is 62.5 Å². The normalized spacial score (nSPS) is 19.6. The maximum absolute atomic E-state index is 12.8. The van der Waals surface area contributed by atoms with E-state index in [4.69, 9.17) is 13.9 Å². The number of hydrogen-bond donors (Lipinski definition) is 1. The Balaban J connectivity index is 1.47. The topological polar surface area (TPSA) is 111 Å². The summed E-state index contributed by atoms with van der Waals surface area (Å²) in [6.07, 6.45) is 0.871. The summed E-state index contributed by atoms with van der Waals surface area (Å²) in [5, 5.41) is 10.7. The second-order valence-corrected chi connectivity index (χ2v) is 9.76. The van der Waals surface area contributed by atoms with Crippen molar-refractivity contribution >= 4 is 5.97 Å². The Hall–Kier alpha value is -3.85. The standard InChI is InChI=1S/C28H30N2O7/c1-35-24-8-4-3-6-20(24)21(12-26(33)36-2)28-27(34)23(31)11-19(37-28)16-29-13-17-10-18(15-29)22-7-5-9-25(32)30(22)14-17/h3-9,11,17-18,21,34H,10,12-16H2,1-2H3/t17-,18+,21+/m0/s1. The van der Waals surface area contributed by atoms with Gasteiger partial charge in [-0.1, -0.05) is 24.3 Å². The summed E-state index contributed by atoms with van der Waals surface area (Å²) >= 11 is 0. The molecular weight excluding hydrogens is 476 g/mol. The van der Waals surface area contributed by atoms with Gasteiger partial charge < -0.3 is 23.6 Å². The molecule has 1 saturated heterocycles. The van der Waals surface area contributed by atoms with Crippen LogP contribution in [0.3, 0.4) is 0 Å². The highest BCUT2D eigenvalue weighted by Crippen LogP contribution is 2.39.